The normalized spacial score (nSPS) is 10.7. The SMILES string of the molecule is COc1ccc(C(=O)CCN(CCCl)CCCl)cc1. The minimum atomic E-state index is 0.122. The van der Waals surface area contributed by atoms with Gasteiger partial charge in [0.2, 0.25) is 0 Å². The first-order valence-electron chi connectivity index (χ1n) is 6.22. The Hall–Kier alpha value is -0.770. The number of methoxy groups -OCH3 is 1. The largest absolute Gasteiger partial charge is 0.497 e. The van der Waals surface area contributed by atoms with E-state index in [2.05, 4.69) is 4.90 Å². The maximum Gasteiger partial charge on any atom is 0.164 e. The number of nitrogens with zero attached hydrogens (tertiary/aromatic N) is 1. The summed E-state index contributed by atoms with van der Waals surface area (Å²) in [6.45, 7) is 2.19. The van der Waals surface area contributed by atoms with E-state index < -0.39 is 0 Å². The van der Waals surface area contributed by atoms with E-state index in [1.54, 1.807) is 31.4 Å². The van der Waals surface area contributed by atoms with Crippen LogP contribution in [-0.2, 0) is 0 Å². The number of alkyl halides is 2. The van der Waals surface area contributed by atoms with Gasteiger partial charge in [-0.15, -0.1) is 23.2 Å². The smallest absolute Gasteiger partial charge is 0.164 e. The number of carbonyl (C=O) groups excluding carboxylic acids is 1. The van der Waals surface area contributed by atoms with Crippen molar-refractivity contribution < 1.29 is 9.53 Å². The van der Waals surface area contributed by atoms with Crippen molar-refractivity contribution in [3.05, 3.63) is 29.8 Å². The number of benzene rings is 1. The van der Waals surface area contributed by atoms with E-state index in [4.69, 9.17) is 27.9 Å². The summed E-state index contributed by atoms with van der Waals surface area (Å²) in [6, 6.07) is 7.16. The highest BCUT2D eigenvalue weighted by Crippen LogP contribution is 2.13. The highest BCUT2D eigenvalue weighted by molar-refractivity contribution is 6.18. The molecule has 0 aliphatic heterocycles. The Labute approximate surface area is 124 Å². The van der Waals surface area contributed by atoms with Crippen LogP contribution >= 0.6 is 23.2 Å². The van der Waals surface area contributed by atoms with Crippen LogP contribution in [0.1, 0.15) is 16.8 Å². The predicted octanol–water partition coefficient (Wildman–Crippen LogP) is 3.05. The summed E-state index contributed by atoms with van der Waals surface area (Å²) in [4.78, 5) is 14.1. The van der Waals surface area contributed by atoms with E-state index in [0.717, 1.165) is 18.8 Å². The highest BCUT2D eigenvalue weighted by atomic mass is 35.5. The molecule has 0 aliphatic carbocycles. The van der Waals surface area contributed by atoms with Crippen LogP contribution in [0.3, 0.4) is 0 Å². The van der Waals surface area contributed by atoms with Crippen molar-refractivity contribution >= 4 is 29.0 Å². The molecule has 0 unspecified atom stereocenters. The molecule has 3 nitrogen and oxygen atoms in total. The van der Waals surface area contributed by atoms with E-state index in [-0.39, 0.29) is 5.78 Å². The summed E-state index contributed by atoms with van der Waals surface area (Å²) < 4.78 is 5.06. The van der Waals surface area contributed by atoms with Gasteiger partial charge in [-0.2, -0.15) is 0 Å². The molecule has 0 aliphatic rings. The van der Waals surface area contributed by atoms with Gasteiger partial charge in [0.05, 0.1) is 7.11 Å². The van der Waals surface area contributed by atoms with Crippen molar-refractivity contribution in [2.24, 2.45) is 0 Å². The van der Waals surface area contributed by atoms with E-state index in [1.807, 2.05) is 0 Å². The standard InChI is InChI=1S/C14H19Cl2NO2/c1-19-13-4-2-12(3-5-13)14(18)6-9-17(10-7-15)11-8-16/h2-5H,6-11H2,1H3. The van der Waals surface area contributed by atoms with Gasteiger partial charge >= 0.3 is 0 Å². The number of rotatable bonds is 9. The molecule has 0 radical (unpaired) electrons. The monoisotopic (exact) mass is 303 g/mol. The molecule has 0 heterocycles. The molecule has 0 amide bonds. The molecule has 1 aromatic carbocycles. The van der Waals surface area contributed by atoms with Gasteiger partial charge in [-0.25, -0.2) is 0 Å². The molecule has 5 heteroatoms. The van der Waals surface area contributed by atoms with Crippen LogP contribution in [0.25, 0.3) is 0 Å². The summed E-state index contributed by atoms with van der Waals surface area (Å²) in [5, 5.41) is 0. The second kappa shape index (κ2) is 9.18. The minimum Gasteiger partial charge on any atom is -0.497 e. The Kier molecular flexibility index (Phi) is 7.87. The van der Waals surface area contributed by atoms with Crippen molar-refractivity contribution in [3.63, 3.8) is 0 Å². The number of ether oxygens (including phenoxy) is 1. The van der Waals surface area contributed by atoms with Crippen LogP contribution in [0.5, 0.6) is 5.75 Å². The number of hydrogen-bond donors (Lipinski definition) is 0. The fourth-order valence-electron chi connectivity index (χ4n) is 1.76. The zero-order valence-corrected chi connectivity index (χ0v) is 12.6. The molecule has 19 heavy (non-hydrogen) atoms. The summed E-state index contributed by atoms with van der Waals surface area (Å²) in [5.41, 5.74) is 0.706. The first-order chi connectivity index (χ1) is 9.21. The van der Waals surface area contributed by atoms with Crippen molar-refractivity contribution in [1.82, 2.24) is 4.90 Å². The third-order valence-electron chi connectivity index (χ3n) is 2.87. The van der Waals surface area contributed by atoms with Gasteiger partial charge in [0.1, 0.15) is 5.75 Å². The maximum absolute atomic E-state index is 12.0. The van der Waals surface area contributed by atoms with Gasteiger partial charge < -0.3 is 9.64 Å². The molecule has 1 aromatic rings. The third kappa shape index (κ3) is 5.81. The van der Waals surface area contributed by atoms with Crippen molar-refractivity contribution in [2.75, 3.05) is 38.5 Å². The molecule has 0 saturated carbocycles. The zero-order chi connectivity index (χ0) is 14.1. The number of ketones is 1. The lowest BCUT2D eigenvalue weighted by molar-refractivity contribution is 0.0966. The van der Waals surface area contributed by atoms with Gasteiger partial charge in [0.15, 0.2) is 5.78 Å². The van der Waals surface area contributed by atoms with Crippen LogP contribution in [-0.4, -0.2) is 49.2 Å². The molecule has 0 fully saturated rings. The van der Waals surface area contributed by atoms with Crippen LogP contribution in [0.15, 0.2) is 24.3 Å². The van der Waals surface area contributed by atoms with E-state index in [9.17, 15) is 4.79 Å². The molecule has 0 N–H and O–H groups in total. The van der Waals surface area contributed by atoms with Gasteiger partial charge in [-0.1, -0.05) is 0 Å². The lowest BCUT2D eigenvalue weighted by atomic mass is 10.1. The molecule has 106 valence electrons. The second-order valence-corrected chi connectivity index (χ2v) is 4.88. The molecular formula is C14H19Cl2NO2. The molecule has 1 rings (SSSR count). The summed E-state index contributed by atoms with van der Waals surface area (Å²) in [5.74, 6) is 1.97. The number of Topliss-reactive ketones (excluding diaryl/α,β-unsaturated/α-hetero) is 1. The summed E-state index contributed by atoms with van der Waals surface area (Å²) in [6.07, 6.45) is 0.472. The average molecular weight is 304 g/mol. The average Bonchev–Trinajstić information content (AvgIpc) is 2.45. The topological polar surface area (TPSA) is 29.5 Å². The molecule has 0 atom stereocenters. The lowest BCUT2D eigenvalue weighted by Crippen LogP contribution is -2.30. The molecular weight excluding hydrogens is 285 g/mol. The van der Waals surface area contributed by atoms with Crippen molar-refractivity contribution in [2.45, 2.75) is 6.42 Å². The summed E-state index contributed by atoms with van der Waals surface area (Å²) >= 11 is 11.4. The second-order valence-electron chi connectivity index (χ2n) is 4.12. The first-order valence-corrected chi connectivity index (χ1v) is 7.29. The number of carbonyl (C=O) groups is 1. The Bertz CT molecular complexity index is 376. The third-order valence-corrected chi connectivity index (χ3v) is 3.21. The fraction of sp³-hybridized carbons (Fsp3) is 0.500. The maximum atomic E-state index is 12.0. The van der Waals surface area contributed by atoms with E-state index in [0.29, 0.717) is 30.3 Å². The first kappa shape index (κ1) is 16.3. The Morgan fingerprint density at radius 2 is 1.68 bits per heavy atom. The molecule has 0 saturated heterocycles. The fourth-order valence-corrected chi connectivity index (χ4v) is 2.23. The van der Waals surface area contributed by atoms with Gasteiger partial charge in [-0.3, -0.25) is 4.79 Å². The lowest BCUT2D eigenvalue weighted by Gasteiger charge is -2.19. The number of halogens is 2. The van der Waals surface area contributed by atoms with Crippen molar-refractivity contribution in [1.29, 1.82) is 0 Å². The number of hydrogen-bond acceptors (Lipinski definition) is 3. The van der Waals surface area contributed by atoms with Crippen LogP contribution in [0.2, 0.25) is 0 Å². The quantitative estimate of drug-likeness (QED) is 0.519. The van der Waals surface area contributed by atoms with Gasteiger partial charge in [0, 0.05) is 43.4 Å². The van der Waals surface area contributed by atoms with Crippen LogP contribution in [0.4, 0.5) is 0 Å². The van der Waals surface area contributed by atoms with Crippen molar-refractivity contribution in [3.8, 4) is 5.75 Å². The van der Waals surface area contributed by atoms with Gasteiger partial charge in [-0.05, 0) is 24.3 Å². The predicted molar refractivity (Wildman–Crippen MR) is 79.8 cm³/mol. The van der Waals surface area contributed by atoms with E-state index >= 15 is 0 Å². The van der Waals surface area contributed by atoms with E-state index in [1.165, 1.54) is 0 Å². The minimum absolute atomic E-state index is 0.122. The zero-order valence-electron chi connectivity index (χ0n) is 11.1. The molecule has 0 bridgehead atoms. The Morgan fingerprint density at radius 3 is 2.16 bits per heavy atom. The van der Waals surface area contributed by atoms with Gasteiger partial charge in [0.25, 0.3) is 0 Å². The van der Waals surface area contributed by atoms with Crippen LogP contribution < -0.4 is 4.74 Å². The van der Waals surface area contributed by atoms with Crippen LogP contribution in [0, 0.1) is 0 Å². The molecule has 0 aromatic heterocycles. The summed E-state index contributed by atoms with van der Waals surface area (Å²) in [7, 11) is 1.60. The molecule has 0 spiro atoms. The Balaban J connectivity index is 2.48. The Morgan fingerprint density at radius 1 is 1.11 bits per heavy atom. The highest BCUT2D eigenvalue weighted by Gasteiger charge is 2.09.